The molecule has 0 aliphatic rings. The van der Waals surface area contributed by atoms with Crippen molar-refractivity contribution in [1.82, 2.24) is 15.0 Å². The molecule has 0 radical (unpaired) electrons. The Kier molecular flexibility index (Phi) is 6.28. The Morgan fingerprint density at radius 3 is 1.15 bits per heavy atom. The van der Waals surface area contributed by atoms with Crippen LogP contribution in [0.2, 0.25) is 0 Å². The third-order valence-corrected chi connectivity index (χ3v) is 25.7. The van der Waals surface area contributed by atoms with Gasteiger partial charge >= 0.3 is 0 Å². The van der Waals surface area contributed by atoms with Gasteiger partial charge in [-0.25, -0.2) is 0 Å². The fraction of sp³-hybridized carbons (Fsp3) is 0. The Morgan fingerprint density at radius 2 is 0.635 bits per heavy atom. The largest absolute Gasteiger partial charge is 0.255 e. The predicted octanol–water partition coefficient (Wildman–Crippen LogP) is 15.3. The van der Waals surface area contributed by atoms with Crippen molar-refractivity contribution in [2.45, 2.75) is 0 Å². The molecule has 0 amide bonds. The van der Waals surface area contributed by atoms with Crippen LogP contribution in [-0.2, 0) is 0 Å². The molecule has 0 bridgehead atoms. The molecule has 7 heterocycles. The second-order valence-corrected chi connectivity index (χ2v) is 24.5. The highest BCUT2D eigenvalue weighted by Crippen LogP contribution is 2.73. The van der Waals surface area contributed by atoms with E-state index in [1.807, 2.05) is 6.20 Å². The third kappa shape index (κ3) is 3.98. The average molecular weight is 734 g/mol. The first kappa shape index (κ1) is 29.3. The number of hydrogen-bond donors (Lipinski definition) is 0. The van der Waals surface area contributed by atoms with Gasteiger partial charge in [0.15, 0.2) is 0 Å². The Bertz CT molecular complexity index is 3100. The molecular formula is C45H27N3P4. The van der Waals surface area contributed by atoms with E-state index in [0.717, 1.165) is 27.7 Å². The smallest absolute Gasteiger partial charge is 0.101 e. The van der Waals surface area contributed by atoms with E-state index in [0.29, 0.717) is 0 Å². The Labute approximate surface area is 302 Å². The number of benzene rings is 5. The molecule has 0 saturated carbocycles. The standard InChI is InChI=1S/C45H27N3P4/c1-6-17-35-30(12-1)31-13-2-7-18-36(31)49(35)51-39-21-10-5-16-34(39)43-41(51)24-28(26-47-43)29-25-42-45(48-27-29)44-40(22-11-23-46-44)52(42)50-37-19-8-3-14-32(37)33-15-4-9-20-38(33)50/h1-27H. The number of rotatable bonds is 3. The summed E-state index contributed by atoms with van der Waals surface area (Å²) in [6.45, 7) is 0. The lowest BCUT2D eigenvalue weighted by atomic mass is 10.1. The zero-order valence-electron chi connectivity index (χ0n) is 27.7. The number of pyridine rings is 3. The number of nitrogens with zero attached hydrogens (tertiary/aromatic N) is 3. The molecule has 12 rings (SSSR count). The van der Waals surface area contributed by atoms with Crippen molar-refractivity contribution in [2.75, 3.05) is 0 Å². The van der Waals surface area contributed by atoms with Crippen LogP contribution in [0.4, 0.5) is 0 Å². The van der Waals surface area contributed by atoms with Crippen molar-refractivity contribution in [3.63, 3.8) is 0 Å². The maximum absolute atomic E-state index is 5.30. The van der Waals surface area contributed by atoms with E-state index in [1.165, 1.54) is 67.9 Å². The van der Waals surface area contributed by atoms with Crippen LogP contribution in [0.25, 0.3) is 95.6 Å². The van der Waals surface area contributed by atoms with E-state index in [-0.39, 0.29) is 0 Å². The van der Waals surface area contributed by atoms with Crippen molar-refractivity contribution >= 4 is 113 Å². The quantitative estimate of drug-likeness (QED) is 0.181. The van der Waals surface area contributed by atoms with Crippen molar-refractivity contribution in [3.8, 4) is 11.1 Å². The minimum atomic E-state index is -0.748. The van der Waals surface area contributed by atoms with Gasteiger partial charge in [0.25, 0.3) is 0 Å². The van der Waals surface area contributed by atoms with Crippen LogP contribution in [0.5, 0.6) is 0 Å². The average Bonchev–Trinajstić information content (AvgIpc) is 3.92. The molecular weight excluding hydrogens is 706 g/mol. The Morgan fingerprint density at radius 1 is 0.288 bits per heavy atom. The van der Waals surface area contributed by atoms with Crippen LogP contribution in [0.3, 0.4) is 0 Å². The molecule has 3 nitrogen and oxygen atoms in total. The van der Waals surface area contributed by atoms with Gasteiger partial charge in [0, 0.05) is 76.0 Å². The molecule has 0 N–H and O–H groups in total. The second kappa shape index (κ2) is 11.1. The van der Waals surface area contributed by atoms with Crippen LogP contribution < -0.4 is 0 Å². The monoisotopic (exact) mass is 733 g/mol. The Hall–Kier alpha value is -5.25. The first-order valence-corrected chi connectivity index (χ1v) is 24.2. The fourth-order valence-corrected chi connectivity index (χ4v) is 25.5. The highest BCUT2D eigenvalue weighted by atomic mass is 32.0. The van der Waals surface area contributed by atoms with E-state index < -0.39 is 28.9 Å². The van der Waals surface area contributed by atoms with Crippen LogP contribution in [0, 0.1) is 0 Å². The lowest BCUT2D eigenvalue weighted by Crippen LogP contribution is -1.83. The summed E-state index contributed by atoms with van der Waals surface area (Å²) in [5, 5.41) is 18.3. The number of aromatic nitrogens is 3. The highest BCUT2D eigenvalue weighted by molar-refractivity contribution is 8.30. The van der Waals surface area contributed by atoms with Gasteiger partial charge in [-0.15, -0.1) is 0 Å². The summed E-state index contributed by atoms with van der Waals surface area (Å²) in [5.41, 5.74) is 5.51. The molecule has 0 saturated heterocycles. The van der Waals surface area contributed by atoms with Crippen LogP contribution in [0.1, 0.15) is 0 Å². The first-order chi connectivity index (χ1) is 25.8. The normalized spacial score (nSPS) is 12.9. The zero-order chi connectivity index (χ0) is 33.9. The van der Waals surface area contributed by atoms with Gasteiger partial charge < -0.3 is 0 Å². The summed E-state index contributed by atoms with van der Waals surface area (Å²) >= 11 is 0. The summed E-state index contributed by atoms with van der Waals surface area (Å²) in [4.78, 5) is 15.5. The summed E-state index contributed by atoms with van der Waals surface area (Å²) in [5.74, 6) is 0. The third-order valence-electron chi connectivity index (χ3n) is 10.7. The molecule has 7 aromatic heterocycles. The predicted molar refractivity (Wildman–Crippen MR) is 231 cm³/mol. The molecule has 52 heavy (non-hydrogen) atoms. The Balaban J connectivity index is 1.16. The molecule has 12 aromatic rings. The molecule has 0 fully saturated rings. The molecule has 0 aliphatic carbocycles. The zero-order valence-corrected chi connectivity index (χ0v) is 31.3. The lowest BCUT2D eigenvalue weighted by Gasteiger charge is -2.08. The fourth-order valence-electron chi connectivity index (χ4n) is 8.47. The summed E-state index contributed by atoms with van der Waals surface area (Å²) in [7, 11) is -2.72. The molecule has 2 unspecified atom stereocenters. The van der Waals surface area contributed by atoms with Crippen molar-refractivity contribution in [3.05, 3.63) is 164 Å². The van der Waals surface area contributed by atoms with E-state index in [9.17, 15) is 0 Å². The van der Waals surface area contributed by atoms with Gasteiger partial charge in [0.05, 0.1) is 5.52 Å². The van der Waals surface area contributed by atoms with Crippen molar-refractivity contribution < 1.29 is 0 Å². The maximum Gasteiger partial charge on any atom is 0.101 e. The number of hydrogen-bond acceptors (Lipinski definition) is 3. The SMILES string of the molecule is c1ccc2c(c1)c1ccccc1p2-p1c2ccccc2c2ncc(-c3cnc4c5ncccc5p(-p5c6ccccc6c6ccccc65)c4c3)cc21. The van der Waals surface area contributed by atoms with E-state index in [2.05, 4.69) is 158 Å². The van der Waals surface area contributed by atoms with Gasteiger partial charge in [-0.1, -0.05) is 120 Å². The minimum Gasteiger partial charge on any atom is -0.255 e. The lowest BCUT2D eigenvalue weighted by molar-refractivity contribution is 1.38. The molecule has 5 aromatic carbocycles. The van der Waals surface area contributed by atoms with Gasteiger partial charge in [-0.3, -0.25) is 15.0 Å². The van der Waals surface area contributed by atoms with Gasteiger partial charge in [0.2, 0.25) is 0 Å². The van der Waals surface area contributed by atoms with Crippen molar-refractivity contribution in [1.29, 1.82) is 0 Å². The minimum absolute atomic E-state index is 0.624. The summed E-state index contributed by atoms with van der Waals surface area (Å²) in [6, 6.07) is 54.6. The van der Waals surface area contributed by atoms with E-state index in [4.69, 9.17) is 15.0 Å². The number of fused-ring (bicyclic) bond motifs is 12. The summed E-state index contributed by atoms with van der Waals surface area (Å²) in [6.07, 6.45) is 6.08. The van der Waals surface area contributed by atoms with Crippen molar-refractivity contribution in [2.24, 2.45) is 0 Å². The van der Waals surface area contributed by atoms with E-state index in [1.54, 1.807) is 0 Å². The summed E-state index contributed by atoms with van der Waals surface area (Å²) < 4.78 is 0. The first-order valence-electron chi connectivity index (χ1n) is 17.5. The molecule has 242 valence electrons. The van der Waals surface area contributed by atoms with Gasteiger partial charge in [-0.2, -0.15) is 0 Å². The van der Waals surface area contributed by atoms with E-state index >= 15 is 0 Å². The highest BCUT2D eigenvalue weighted by Gasteiger charge is 2.23. The molecule has 7 heteroatoms. The van der Waals surface area contributed by atoms with Crippen LogP contribution in [0.15, 0.2) is 164 Å². The van der Waals surface area contributed by atoms with Gasteiger partial charge in [-0.05, 0) is 76.1 Å². The maximum atomic E-state index is 5.30. The topological polar surface area (TPSA) is 38.7 Å². The molecule has 0 aliphatic heterocycles. The molecule has 0 spiro atoms. The van der Waals surface area contributed by atoms with Crippen LogP contribution >= 0.6 is 28.9 Å². The van der Waals surface area contributed by atoms with Crippen LogP contribution in [-0.4, -0.2) is 15.0 Å². The second-order valence-electron chi connectivity index (χ2n) is 13.4. The molecule has 2 atom stereocenters. The van der Waals surface area contributed by atoms with Gasteiger partial charge in [0.1, 0.15) is 11.0 Å².